The first kappa shape index (κ1) is 75.0. The van der Waals surface area contributed by atoms with Crippen molar-refractivity contribution >= 4 is 17.9 Å². The number of ether oxygens (including phenoxy) is 4. The van der Waals surface area contributed by atoms with Gasteiger partial charge < -0.3 is 28.5 Å². The highest BCUT2D eigenvalue weighted by Gasteiger charge is 2.25. The molecule has 9 nitrogen and oxygen atoms in total. The average molecular weight is 1100 g/mol. The number of rotatable bonds is 58. The van der Waals surface area contributed by atoms with E-state index in [-0.39, 0.29) is 32.2 Å². The lowest BCUT2D eigenvalue weighted by Crippen LogP contribution is -2.40. The van der Waals surface area contributed by atoms with Gasteiger partial charge >= 0.3 is 17.9 Å². The Morgan fingerprint density at radius 1 is 0.380 bits per heavy atom. The Balaban J connectivity index is 4.17. The zero-order valence-electron chi connectivity index (χ0n) is 51.5. The van der Waals surface area contributed by atoms with E-state index in [0.29, 0.717) is 23.9 Å². The highest BCUT2D eigenvalue weighted by atomic mass is 16.7. The number of quaternary nitrogens is 1. The lowest BCUT2D eigenvalue weighted by Gasteiger charge is -2.25. The second-order valence-electron chi connectivity index (χ2n) is 22.3. The molecule has 0 saturated carbocycles. The first-order chi connectivity index (χ1) is 38.6. The van der Waals surface area contributed by atoms with E-state index in [0.717, 1.165) is 103 Å². The average Bonchev–Trinajstić information content (AvgIpc) is 3.42. The van der Waals surface area contributed by atoms with E-state index in [2.05, 4.69) is 123 Å². The van der Waals surface area contributed by atoms with Crippen molar-refractivity contribution in [1.29, 1.82) is 0 Å². The van der Waals surface area contributed by atoms with Crippen LogP contribution in [0.4, 0.5) is 0 Å². The molecule has 0 aromatic carbocycles. The standard InChI is InChI=1S/C70H119NO8/c1-6-8-10-12-14-16-18-20-22-24-26-28-30-31-32-33-34-35-36-37-39-40-42-44-46-48-50-52-54-56-58-60-67(72)77-64-66(65-78-70(69(74)75)76-63-62-71(3,4)5)79-68(73)61-59-57-55-53-51-49-47-45-43-41-38-29-27-25-23-21-19-17-15-13-11-9-7-2/h8-11,14-17,20-23,26-29,41,43,66,70H,6-7,12-13,18-19,24-25,30-40,42,44-65H2,1-5H3/p+1/b10-8-,11-9-,16-14-,17-15-,22-20-,23-21-,28-26-,29-27-,43-41-. The van der Waals surface area contributed by atoms with Crippen LogP contribution < -0.4 is 0 Å². The fraction of sp³-hybridized carbons (Fsp3) is 0.700. The van der Waals surface area contributed by atoms with Crippen molar-refractivity contribution in [3.8, 4) is 0 Å². The summed E-state index contributed by atoms with van der Waals surface area (Å²) >= 11 is 0. The Morgan fingerprint density at radius 2 is 0.684 bits per heavy atom. The molecule has 2 atom stereocenters. The highest BCUT2D eigenvalue weighted by molar-refractivity contribution is 5.71. The molecule has 0 spiro atoms. The van der Waals surface area contributed by atoms with E-state index in [1.165, 1.54) is 122 Å². The van der Waals surface area contributed by atoms with Gasteiger partial charge in [-0.1, -0.05) is 258 Å². The molecule has 0 aliphatic rings. The van der Waals surface area contributed by atoms with Crippen molar-refractivity contribution < 1.29 is 42.9 Å². The van der Waals surface area contributed by atoms with Crippen LogP contribution in [-0.4, -0.2) is 87.4 Å². The number of hydrogen-bond donors (Lipinski definition) is 1. The molecular weight excluding hydrogens is 983 g/mol. The van der Waals surface area contributed by atoms with Gasteiger partial charge in [0.1, 0.15) is 13.2 Å². The summed E-state index contributed by atoms with van der Waals surface area (Å²) in [5, 5.41) is 9.73. The molecule has 9 heteroatoms. The van der Waals surface area contributed by atoms with E-state index in [1.807, 2.05) is 21.1 Å². The summed E-state index contributed by atoms with van der Waals surface area (Å²) in [4.78, 5) is 37.5. The van der Waals surface area contributed by atoms with Crippen LogP contribution >= 0.6 is 0 Å². The molecule has 0 aliphatic carbocycles. The van der Waals surface area contributed by atoms with Crippen LogP contribution in [0.5, 0.6) is 0 Å². The van der Waals surface area contributed by atoms with Crippen molar-refractivity contribution in [2.45, 2.75) is 270 Å². The number of nitrogens with zero attached hydrogens (tertiary/aromatic N) is 1. The van der Waals surface area contributed by atoms with E-state index in [9.17, 15) is 19.5 Å². The monoisotopic (exact) mass is 1100 g/mol. The minimum absolute atomic E-state index is 0.181. The van der Waals surface area contributed by atoms with Gasteiger partial charge in [0.2, 0.25) is 0 Å². The maximum absolute atomic E-state index is 12.9. The quantitative estimate of drug-likeness (QED) is 0.0211. The minimum atomic E-state index is -1.52. The number of hydrogen-bond acceptors (Lipinski definition) is 7. The molecule has 79 heavy (non-hydrogen) atoms. The maximum Gasteiger partial charge on any atom is 0.361 e. The highest BCUT2D eigenvalue weighted by Crippen LogP contribution is 2.17. The summed E-state index contributed by atoms with van der Waals surface area (Å²) in [6.07, 6.45) is 80.4. The summed E-state index contributed by atoms with van der Waals surface area (Å²) < 4.78 is 22.9. The molecule has 0 aromatic heterocycles. The predicted molar refractivity (Wildman–Crippen MR) is 336 cm³/mol. The van der Waals surface area contributed by atoms with Crippen molar-refractivity contribution in [2.24, 2.45) is 0 Å². The smallest absolute Gasteiger partial charge is 0.361 e. The van der Waals surface area contributed by atoms with E-state index < -0.39 is 24.3 Å². The Labute approximate surface area is 485 Å². The number of carbonyl (C=O) groups excluding carboxylic acids is 2. The lowest BCUT2D eigenvalue weighted by molar-refractivity contribution is -0.870. The summed E-state index contributed by atoms with van der Waals surface area (Å²) in [5.74, 6) is -2.02. The van der Waals surface area contributed by atoms with Gasteiger partial charge in [0, 0.05) is 12.8 Å². The molecule has 2 unspecified atom stereocenters. The van der Waals surface area contributed by atoms with Crippen LogP contribution in [0, 0.1) is 0 Å². The topological polar surface area (TPSA) is 108 Å². The van der Waals surface area contributed by atoms with E-state index >= 15 is 0 Å². The molecule has 0 rings (SSSR count). The SMILES string of the molecule is CC/C=C\C/C=C\C/C=C\C/C=C\C/C=C\CCCCCCCCCC(=O)OC(COC(=O)CCCCCCCCCCCCCCCCCCCC/C=C\C/C=C\C/C=C\C/C=C\CC)COC(OCC[N+](C)(C)C)C(=O)O. The lowest BCUT2D eigenvalue weighted by atomic mass is 10.0. The van der Waals surface area contributed by atoms with E-state index in [1.54, 1.807) is 0 Å². The molecule has 1 N–H and O–H groups in total. The second kappa shape index (κ2) is 60.1. The molecule has 0 radical (unpaired) electrons. The van der Waals surface area contributed by atoms with Crippen LogP contribution in [0.25, 0.3) is 0 Å². The van der Waals surface area contributed by atoms with Crippen LogP contribution in [0.2, 0.25) is 0 Å². The Hall–Kier alpha value is -4.05. The van der Waals surface area contributed by atoms with Crippen LogP contribution in [0.1, 0.15) is 258 Å². The number of carbonyl (C=O) groups is 3. The van der Waals surface area contributed by atoms with Crippen molar-refractivity contribution in [3.63, 3.8) is 0 Å². The third-order valence-corrected chi connectivity index (χ3v) is 13.5. The summed E-state index contributed by atoms with van der Waals surface area (Å²) in [6.45, 7) is 4.65. The maximum atomic E-state index is 12.9. The number of esters is 2. The Morgan fingerprint density at radius 3 is 1.01 bits per heavy atom. The van der Waals surface area contributed by atoms with Crippen molar-refractivity contribution in [2.75, 3.05) is 47.5 Å². The van der Waals surface area contributed by atoms with Gasteiger partial charge in [-0.25, -0.2) is 4.79 Å². The Bertz CT molecular complexity index is 1660. The second-order valence-corrected chi connectivity index (χ2v) is 22.3. The molecular formula is C70H120NO8+. The Kier molecular flexibility index (Phi) is 57.0. The zero-order chi connectivity index (χ0) is 57.6. The molecule has 0 aromatic rings. The largest absolute Gasteiger partial charge is 0.477 e. The molecule has 0 heterocycles. The summed E-state index contributed by atoms with van der Waals surface area (Å²) in [7, 11) is 5.97. The third-order valence-electron chi connectivity index (χ3n) is 13.5. The van der Waals surface area contributed by atoms with Gasteiger partial charge in [-0.05, 0) is 96.3 Å². The van der Waals surface area contributed by atoms with Gasteiger partial charge in [0.25, 0.3) is 6.29 Å². The molecule has 452 valence electrons. The molecule has 0 amide bonds. The van der Waals surface area contributed by atoms with Crippen LogP contribution in [-0.2, 0) is 33.3 Å². The fourth-order valence-electron chi connectivity index (χ4n) is 8.68. The molecule has 0 aliphatic heterocycles. The normalized spacial score (nSPS) is 13.5. The first-order valence-electron chi connectivity index (χ1n) is 32.1. The minimum Gasteiger partial charge on any atom is -0.477 e. The predicted octanol–water partition coefficient (Wildman–Crippen LogP) is 19.5. The zero-order valence-corrected chi connectivity index (χ0v) is 51.5. The number of allylic oxidation sites excluding steroid dienone is 18. The van der Waals surface area contributed by atoms with Crippen molar-refractivity contribution in [3.05, 3.63) is 109 Å². The van der Waals surface area contributed by atoms with Gasteiger partial charge in [-0.3, -0.25) is 9.59 Å². The first-order valence-corrected chi connectivity index (χ1v) is 32.1. The van der Waals surface area contributed by atoms with Crippen LogP contribution in [0.3, 0.4) is 0 Å². The third kappa shape index (κ3) is 61.4. The molecule has 0 saturated heterocycles. The number of aliphatic carboxylic acids is 1. The van der Waals surface area contributed by atoms with E-state index in [4.69, 9.17) is 18.9 Å². The van der Waals surface area contributed by atoms with Gasteiger partial charge in [-0.15, -0.1) is 0 Å². The fourth-order valence-corrected chi connectivity index (χ4v) is 8.68. The van der Waals surface area contributed by atoms with Crippen molar-refractivity contribution in [1.82, 2.24) is 0 Å². The number of carboxylic acid groups (broad SMARTS) is 1. The number of carboxylic acids is 1. The van der Waals surface area contributed by atoms with Gasteiger partial charge in [-0.2, -0.15) is 0 Å². The number of unbranched alkanes of at least 4 members (excludes halogenated alkanes) is 25. The molecule has 0 bridgehead atoms. The number of likely N-dealkylation sites (N-methyl/N-ethyl adjacent to an activating group) is 1. The van der Waals surface area contributed by atoms with Gasteiger partial charge in [0.15, 0.2) is 6.10 Å². The summed E-state index contributed by atoms with van der Waals surface area (Å²) in [6, 6.07) is 0. The molecule has 0 fully saturated rings. The van der Waals surface area contributed by atoms with Gasteiger partial charge in [0.05, 0.1) is 34.4 Å². The van der Waals surface area contributed by atoms with Crippen LogP contribution in [0.15, 0.2) is 109 Å². The summed E-state index contributed by atoms with van der Waals surface area (Å²) in [5.41, 5.74) is 0.